The second kappa shape index (κ2) is 7.86. The van der Waals surface area contributed by atoms with Crippen molar-refractivity contribution in [1.82, 2.24) is 30.8 Å². The lowest BCUT2D eigenvalue weighted by molar-refractivity contribution is -0.119. The first-order valence-corrected chi connectivity index (χ1v) is 9.10. The van der Waals surface area contributed by atoms with Gasteiger partial charge in [-0.15, -0.1) is 5.10 Å². The molecule has 0 bridgehead atoms. The summed E-state index contributed by atoms with van der Waals surface area (Å²) < 4.78 is 1.58. The van der Waals surface area contributed by atoms with E-state index in [9.17, 15) is 9.59 Å². The Labute approximate surface area is 157 Å². The SMILES string of the molecule is Cc1ccc(-n2nnnc2S[C@@H](C)C(=O)NC(=O)NC(C)(C)C)cc1C. The number of hydrogen-bond acceptors (Lipinski definition) is 6. The van der Waals surface area contributed by atoms with Gasteiger partial charge in [-0.2, -0.15) is 4.68 Å². The molecule has 0 unspecified atom stereocenters. The van der Waals surface area contributed by atoms with E-state index in [0.29, 0.717) is 5.16 Å². The normalized spacial score (nSPS) is 12.5. The molecular formula is C17H24N6O2S. The largest absolute Gasteiger partial charge is 0.333 e. The van der Waals surface area contributed by atoms with Gasteiger partial charge >= 0.3 is 6.03 Å². The molecular weight excluding hydrogens is 352 g/mol. The molecule has 1 heterocycles. The van der Waals surface area contributed by atoms with Crippen LogP contribution in [0.15, 0.2) is 23.4 Å². The summed E-state index contributed by atoms with van der Waals surface area (Å²) in [5.41, 5.74) is 2.69. The minimum atomic E-state index is -0.544. The van der Waals surface area contributed by atoms with Gasteiger partial charge in [-0.3, -0.25) is 10.1 Å². The first kappa shape index (κ1) is 19.9. The van der Waals surface area contributed by atoms with Crippen LogP contribution >= 0.6 is 11.8 Å². The first-order chi connectivity index (χ1) is 12.1. The average Bonchev–Trinajstić information content (AvgIpc) is 2.96. The molecule has 0 fully saturated rings. The zero-order chi connectivity index (χ0) is 19.5. The number of aromatic nitrogens is 4. The highest BCUT2D eigenvalue weighted by Gasteiger charge is 2.22. The number of imide groups is 1. The third kappa shape index (κ3) is 5.29. The van der Waals surface area contributed by atoms with Crippen LogP contribution in [0.5, 0.6) is 0 Å². The van der Waals surface area contributed by atoms with E-state index in [1.165, 1.54) is 17.3 Å². The molecule has 0 aliphatic heterocycles. The summed E-state index contributed by atoms with van der Waals surface area (Å²) in [4.78, 5) is 24.1. The Bertz CT molecular complexity index is 812. The van der Waals surface area contributed by atoms with E-state index >= 15 is 0 Å². The van der Waals surface area contributed by atoms with E-state index in [-0.39, 0.29) is 0 Å². The molecule has 0 aliphatic carbocycles. The number of nitrogens with zero attached hydrogens (tertiary/aromatic N) is 4. The van der Waals surface area contributed by atoms with Crippen molar-refractivity contribution < 1.29 is 9.59 Å². The molecule has 1 aromatic heterocycles. The Morgan fingerprint density at radius 2 is 1.88 bits per heavy atom. The predicted octanol–water partition coefficient (Wildman–Crippen LogP) is 2.38. The molecule has 2 aromatic rings. The maximum atomic E-state index is 12.2. The maximum Gasteiger partial charge on any atom is 0.321 e. The van der Waals surface area contributed by atoms with Crippen molar-refractivity contribution >= 4 is 23.7 Å². The van der Waals surface area contributed by atoms with E-state index in [1.807, 2.05) is 52.8 Å². The van der Waals surface area contributed by atoms with E-state index < -0.39 is 22.7 Å². The Hall–Kier alpha value is -2.42. The first-order valence-electron chi connectivity index (χ1n) is 8.22. The molecule has 9 heteroatoms. The molecule has 26 heavy (non-hydrogen) atoms. The van der Waals surface area contributed by atoms with Crippen molar-refractivity contribution in [3.63, 3.8) is 0 Å². The molecule has 3 amide bonds. The van der Waals surface area contributed by atoms with Crippen molar-refractivity contribution in [2.45, 2.75) is 57.5 Å². The van der Waals surface area contributed by atoms with Crippen LogP contribution in [-0.4, -0.2) is 42.9 Å². The number of thioether (sulfide) groups is 1. The Morgan fingerprint density at radius 3 is 2.50 bits per heavy atom. The van der Waals surface area contributed by atoms with E-state index in [0.717, 1.165) is 11.3 Å². The van der Waals surface area contributed by atoms with Crippen LogP contribution in [0.4, 0.5) is 4.79 Å². The third-order valence-electron chi connectivity index (χ3n) is 3.55. The van der Waals surface area contributed by atoms with Gasteiger partial charge < -0.3 is 5.32 Å². The Kier molecular flexibility index (Phi) is 6.01. The van der Waals surface area contributed by atoms with Crippen LogP contribution in [0.3, 0.4) is 0 Å². The number of tetrazole rings is 1. The molecule has 0 saturated carbocycles. The quantitative estimate of drug-likeness (QED) is 0.795. The summed E-state index contributed by atoms with van der Waals surface area (Å²) in [6, 6.07) is 5.37. The summed E-state index contributed by atoms with van der Waals surface area (Å²) in [6.45, 7) is 11.3. The fourth-order valence-corrected chi connectivity index (χ4v) is 2.88. The molecule has 0 saturated heterocycles. The van der Waals surface area contributed by atoms with Gasteiger partial charge in [0.25, 0.3) is 0 Å². The summed E-state index contributed by atoms with van der Waals surface area (Å²) in [6.07, 6.45) is 0. The molecule has 0 radical (unpaired) electrons. The molecule has 1 atom stereocenters. The number of aryl methyl sites for hydroxylation is 2. The highest BCUT2D eigenvalue weighted by molar-refractivity contribution is 8.00. The van der Waals surface area contributed by atoms with Crippen LogP contribution in [0, 0.1) is 13.8 Å². The lowest BCUT2D eigenvalue weighted by atomic mass is 10.1. The van der Waals surface area contributed by atoms with Crippen molar-refractivity contribution in [1.29, 1.82) is 0 Å². The zero-order valence-corrected chi connectivity index (χ0v) is 16.6. The maximum absolute atomic E-state index is 12.2. The Morgan fingerprint density at radius 1 is 1.19 bits per heavy atom. The van der Waals surface area contributed by atoms with Crippen molar-refractivity contribution in [2.75, 3.05) is 0 Å². The smallest absolute Gasteiger partial charge is 0.321 e. The molecule has 2 rings (SSSR count). The third-order valence-corrected chi connectivity index (χ3v) is 4.59. The number of carbonyl (C=O) groups is 2. The summed E-state index contributed by atoms with van der Waals surface area (Å²) in [7, 11) is 0. The fraction of sp³-hybridized carbons (Fsp3) is 0.471. The van der Waals surface area contributed by atoms with E-state index in [4.69, 9.17) is 0 Å². The second-order valence-electron chi connectivity index (χ2n) is 7.10. The van der Waals surface area contributed by atoms with Crippen LogP contribution in [0.25, 0.3) is 5.69 Å². The van der Waals surface area contributed by atoms with Gasteiger partial charge in [-0.05, 0) is 75.2 Å². The van der Waals surface area contributed by atoms with Crippen molar-refractivity contribution in [3.05, 3.63) is 29.3 Å². The summed E-state index contributed by atoms with van der Waals surface area (Å²) >= 11 is 1.18. The van der Waals surface area contributed by atoms with Gasteiger partial charge in [0.2, 0.25) is 11.1 Å². The molecule has 140 valence electrons. The van der Waals surface area contributed by atoms with Crippen LogP contribution < -0.4 is 10.6 Å². The lowest BCUT2D eigenvalue weighted by Crippen LogP contribution is -2.49. The van der Waals surface area contributed by atoms with Crippen molar-refractivity contribution in [3.8, 4) is 5.69 Å². The van der Waals surface area contributed by atoms with Crippen LogP contribution in [0.1, 0.15) is 38.8 Å². The predicted molar refractivity (Wildman–Crippen MR) is 100 cm³/mol. The average molecular weight is 376 g/mol. The molecule has 0 spiro atoms. The van der Waals surface area contributed by atoms with Gasteiger partial charge in [0.05, 0.1) is 10.9 Å². The highest BCUT2D eigenvalue weighted by atomic mass is 32.2. The van der Waals surface area contributed by atoms with E-state index in [2.05, 4.69) is 26.2 Å². The molecule has 0 aliphatic rings. The highest BCUT2D eigenvalue weighted by Crippen LogP contribution is 2.23. The topological polar surface area (TPSA) is 102 Å². The molecule has 8 nitrogen and oxygen atoms in total. The molecule has 2 N–H and O–H groups in total. The zero-order valence-electron chi connectivity index (χ0n) is 15.8. The van der Waals surface area contributed by atoms with Gasteiger partial charge in [0, 0.05) is 5.54 Å². The van der Waals surface area contributed by atoms with Gasteiger partial charge in [-0.25, -0.2) is 4.79 Å². The minimum absolute atomic E-state index is 0.411. The standard InChI is InChI=1S/C17H24N6O2S/c1-10-7-8-13(9-11(10)2)23-16(20-21-22-23)26-12(3)14(24)18-15(25)19-17(4,5)6/h7-9,12H,1-6H3,(H2,18,19,24,25)/t12-/m0/s1. The van der Waals surface area contributed by atoms with Gasteiger partial charge in [0.1, 0.15) is 0 Å². The van der Waals surface area contributed by atoms with Crippen molar-refractivity contribution in [2.24, 2.45) is 0 Å². The summed E-state index contributed by atoms with van der Waals surface area (Å²) in [5, 5.41) is 16.7. The lowest BCUT2D eigenvalue weighted by Gasteiger charge is -2.21. The number of hydrogen-bond donors (Lipinski definition) is 2. The summed E-state index contributed by atoms with van der Waals surface area (Å²) in [5.74, 6) is -0.411. The number of benzene rings is 1. The number of rotatable bonds is 4. The molecule has 1 aromatic carbocycles. The number of carbonyl (C=O) groups excluding carboxylic acids is 2. The number of nitrogens with one attached hydrogen (secondary N) is 2. The van der Waals surface area contributed by atoms with Gasteiger partial charge in [0.15, 0.2) is 0 Å². The van der Waals surface area contributed by atoms with Crippen LogP contribution in [0.2, 0.25) is 0 Å². The van der Waals surface area contributed by atoms with Crippen LogP contribution in [-0.2, 0) is 4.79 Å². The second-order valence-corrected chi connectivity index (χ2v) is 8.40. The minimum Gasteiger partial charge on any atom is -0.333 e. The monoisotopic (exact) mass is 376 g/mol. The Balaban J connectivity index is 2.07. The number of urea groups is 1. The number of amides is 3. The van der Waals surface area contributed by atoms with Gasteiger partial charge in [-0.1, -0.05) is 17.8 Å². The fourth-order valence-electron chi connectivity index (χ4n) is 2.07. The van der Waals surface area contributed by atoms with E-state index in [1.54, 1.807) is 11.6 Å².